The highest BCUT2D eigenvalue weighted by Crippen LogP contribution is 2.37. The van der Waals surface area contributed by atoms with Gasteiger partial charge in [0.25, 0.3) is 0 Å². The number of amides is 1. The van der Waals surface area contributed by atoms with Crippen LogP contribution in [0, 0.1) is 6.92 Å². The topological polar surface area (TPSA) is 109 Å². The molecule has 34 heavy (non-hydrogen) atoms. The number of ether oxygens (including phenoxy) is 2. The third-order valence-corrected chi connectivity index (χ3v) is 7.23. The molecule has 3 aliphatic rings. The van der Waals surface area contributed by atoms with Crippen LogP contribution in [0.3, 0.4) is 0 Å². The van der Waals surface area contributed by atoms with E-state index in [0.29, 0.717) is 55.2 Å². The number of hydrogen-bond acceptors (Lipinski definition) is 8. The molecule has 5 rings (SSSR count). The van der Waals surface area contributed by atoms with Gasteiger partial charge in [-0.05, 0) is 39.0 Å². The van der Waals surface area contributed by atoms with Gasteiger partial charge in [0.15, 0.2) is 5.82 Å². The third kappa shape index (κ3) is 4.82. The lowest BCUT2D eigenvalue weighted by atomic mass is 9.81. The average Bonchev–Trinajstić information content (AvgIpc) is 3.48. The van der Waals surface area contributed by atoms with Gasteiger partial charge in [-0.3, -0.25) is 9.89 Å². The van der Waals surface area contributed by atoms with Gasteiger partial charge in [0.05, 0.1) is 13.2 Å². The van der Waals surface area contributed by atoms with Crippen molar-refractivity contribution in [1.29, 1.82) is 0 Å². The molecular formula is C24H35N7O3. The quantitative estimate of drug-likeness (QED) is 0.637. The summed E-state index contributed by atoms with van der Waals surface area (Å²) in [5.74, 6) is 2.75. The van der Waals surface area contributed by atoms with Gasteiger partial charge in [-0.1, -0.05) is 6.92 Å². The number of anilines is 3. The Hall–Kier alpha value is -2.88. The van der Waals surface area contributed by atoms with Crippen molar-refractivity contribution in [2.24, 2.45) is 0 Å². The second kappa shape index (κ2) is 9.77. The number of carbonyl (C=O) groups is 1. The Morgan fingerprint density at radius 3 is 2.68 bits per heavy atom. The minimum absolute atomic E-state index is 0.00353. The summed E-state index contributed by atoms with van der Waals surface area (Å²) in [6.07, 6.45) is 6.63. The molecule has 184 valence electrons. The van der Waals surface area contributed by atoms with Crippen LogP contribution in [0.25, 0.3) is 0 Å². The maximum Gasteiger partial charge on any atom is 0.230 e. The number of fused-ring (bicyclic) bond motifs is 2. The molecule has 0 aromatic carbocycles. The summed E-state index contributed by atoms with van der Waals surface area (Å²) in [5.41, 5.74) is 0.966. The SMILES string of the molecule is CCC(=O)N1[C@@H]2CCC[C@H]1C[C@H](N(C)c1nc(Nc3cc(C)[nH]n3)cc(O[C@@H]3CCOC3)n1)C2. The molecule has 0 spiro atoms. The highest BCUT2D eigenvalue weighted by molar-refractivity contribution is 5.77. The molecule has 3 fully saturated rings. The Labute approximate surface area is 200 Å². The van der Waals surface area contributed by atoms with Crippen molar-refractivity contribution in [1.82, 2.24) is 25.1 Å². The first kappa shape index (κ1) is 22.9. The number of hydrogen-bond donors (Lipinski definition) is 2. The predicted molar refractivity (Wildman–Crippen MR) is 128 cm³/mol. The molecule has 2 aromatic heterocycles. The maximum absolute atomic E-state index is 12.6. The van der Waals surface area contributed by atoms with Crippen LogP contribution in [0.5, 0.6) is 5.88 Å². The van der Waals surface area contributed by atoms with Crippen molar-refractivity contribution in [3.63, 3.8) is 0 Å². The molecular weight excluding hydrogens is 434 g/mol. The fourth-order valence-corrected chi connectivity index (χ4v) is 5.51. The van der Waals surface area contributed by atoms with E-state index in [9.17, 15) is 4.79 Å². The number of aromatic nitrogens is 4. The van der Waals surface area contributed by atoms with E-state index in [4.69, 9.17) is 19.4 Å². The first-order chi connectivity index (χ1) is 16.5. The minimum Gasteiger partial charge on any atom is -0.472 e. The number of H-pyrrole nitrogens is 1. The molecule has 1 amide bonds. The lowest BCUT2D eigenvalue weighted by Gasteiger charge is -2.50. The number of aromatic amines is 1. The summed E-state index contributed by atoms with van der Waals surface area (Å²) in [7, 11) is 2.05. The number of carbonyl (C=O) groups excluding carboxylic acids is 1. The van der Waals surface area contributed by atoms with Crippen LogP contribution in [0.2, 0.25) is 0 Å². The molecule has 10 heteroatoms. The van der Waals surface area contributed by atoms with E-state index in [1.165, 1.54) is 6.42 Å². The lowest BCUT2D eigenvalue weighted by molar-refractivity contribution is -0.140. The second-order valence-electron chi connectivity index (χ2n) is 9.69. The van der Waals surface area contributed by atoms with Gasteiger partial charge < -0.3 is 24.6 Å². The number of nitrogens with zero attached hydrogens (tertiary/aromatic N) is 5. The molecule has 3 saturated heterocycles. The van der Waals surface area contributed by atoms with E-state index in [1.54, 1.807) is 0 Å². The van der Waals surface area contributed by atoms with E-state index < -0.39 is 0 Å². The zero-order chi connectivity index (χ0) is 23.7. The van der Waals surface area contributed by atoms with Gasteiger partial charge in [0.1, 0.15) is 11.9 Å². The fourth-order valence-electron chi connectivity index (χ4n) is 5.51. The van der Waals surface area contributed by atoms with Crippen molar-refractivity contribution in [2.75, 3.05) is 30.5 Å². The number of nitrogens with one attached hydrogen (secondary N) is 2. The first-order valence-electron chi connectivity index (χ1n) is 12.5. The molecule has 0 radical (unpaired) electrons. The van der Waals surface area contributed by atoms with E-state index in [0.717, 1.165) is 37.8 Å². The molecule has 5 heterocycles. The van der Waals surface area contributed by atoms with E-state index in [1.807, 2.05) is 26.0 Å². The van der Waals surface area contributed by atoms with Gasteiger partial charge in [-0.25, -0.2) is 0 Å². The minimum atomic E-state index is -0.00353. The molecule has 2 N–H and O–H groups in total. The molecule has 4 atom stereocenters. The standard InChI is InChI=1S/C24H35N7O3/c1-4-23(32)31-16-6-5-7-17(31)12-18(11-16)30(3)24-26-20(25-21-10-15(2)28-29-21)13-22(27-24)34-19-8-9-33-14-19/h10,13,16-19H,4-9,11-12,14H2,1-3H3,(H2,25,26,27,28,29)/t16-,17+,18-,19-/m1/s1. The molecule has 3 aliphatic heterocycles. The third-order valence-electron chi connectivity index (χ3n) is 7.23. The Bertz CT molecular complexity index is 992. The van der Waals surface area contributed by atoms with Crippen LogP contribution in [-0.2, 0) is 9.53 Å². The summed E-state index contributed by atoms with van der Waals surface area (Å²) >= 11 is 0. The van der Waals surface area contributed by atoms with Crippen LogP contribution in [0.15, 0.2) is 12.1 Å². The zero-order valence-corrected chi connectivity index (χ0v) is 20.3. The lowest BCUT2D eigenvalue weighted by Crippen LogP contribution is -2.58. The molecule has 0 unspecified atom stereocenters. The van der Waals surface area contributed by atoms with Crippen LogP contribution >= 0.6 is 0 Å². The van der Waals surface area contributed by atoms with Gasteiger partial charge in [-0.2, -0.15) is 15.1 Å². The van der Waals surface area contributed by atoms with Gasteiger partial charge in [0.2, 0.25) is 17.7 Å². The smallest absolute Gasteiger partial charge is 0.230 e. The molecule has 2 aromatic rings. The Morgan fingerprint density at radius 2 is 2.03 bits per heavy atom. The van der Waals surface area contributed by atoms with Crippen molar-refractivity contribution in [3.8, 4) is 5.88 Å². The molecule has 0 aliphatic carbocycles. The van der Waals surface area contributed by atoms with Gasteiger partial charge >= 0.3 is 0 Å². The molecule has 0 saturated carbocycles. The summed E-state index contributed by atoms with van der Waals surface area (Å²) in [4.78, 5) is 26.5. The van der Waals surface area contributed by atoms with Gasteiger partial charge in [0, 0.05) is 55.8 Å². The summed E-state index contributed by atoms with van der Waals surface area (Å²) in [6.45, 7) is 5.20. The average molecular weight is 470 g/mol. The summed E-state index contributed by atoms with van der Waals surface area (Å²) in [5, 5.41) is 10.5. The van der Waals surface area contributed by atoms with Crippen molar-refractivity contribution in [2.45, 2.75) is 83.0 Å². The Kier molecular flexibility index (Phi) is 6.58. The zero-order valence-electron chi connectivity index (χ0n) is 20.3. The Morgan fingerprint density at radius 1 is 1.24 bits per heavy atom. The monoisotopic (exact) mass is 469 g/mol. The highest BCUT2D eigenvalue weighted by Gasteiger charge is 2.41. The summed E-state index contributed by atoms with van der Waals surface area (Å²) < 4.78 is 11.6. The van der Waals surface area contributed by atoms with E-state index in [-0.39, 0.29) is 18.1 Å². The van der Waals surface area contributed by atoms with Crippen molar-refractivity contribution in [3.05, 3.63) is 17.8 Å². The molecule has 10 nitrogen and oxygen atoms in total. The second-order valence-corrected chi connectivity index (χ2v) is 9.69. The highest BCUT2D eigenvalue weighted by atomic mass is 16.5. The first-order valence-corrected chi connectivity index (χ1v) is 12.5. The van der Waals surface area contributed by atoms with Crippen LogP contribution < -0.4 is 15.0 Å². The maximum atomic E-state index is 12.6. The van der Waals surface area contributed by atoms with E-state index >= 15 is 0 Å². The Balaban J connectivity index is 1.38. The van der Waals surface area contributed by atoms with Crippen molar-refractivity contribution < 1.29 is 14.3 Å². The summed E-state index contributed by atoms with van der Waals surface area (Å²) in [6, 6.07) is 4.61. The van der Waals surface area contributed by atoms with Crippen LogP contribution in [-0.4, -0.2) is 75.5 Å². The normalized spacial score (nSPS) is 26.4. The molecule has 2 bridgehead atoms. The predicted octanol–water partition coefficient (Wildman–Crippen LogP) is 3.18. The van der Waals surface area contributed by atoms with Gasteiger partial charge in [-0.15, -0.1) is 0 Å². The number of piperidine rings is 2. The van der Waals surface area contributed by atoms with Crippen molar-refractivity contribution >= 4 is 23.5 Å². The van der Waals surface area contributed by atoms with Crippen LogP contribution in [0.1, 0.15) is 57.6 Å². The number of aryl methyl sites for hydroxylation is 1. The number of rotatable bonds is 7. The largest absolute Gasteiger partial charge is 0.472 e. The fraction of sp³-hybridized carbons (Fsp3) is 0.667. The van der Waals surface area contributed by atoms with E-state index in [2.05, 4.69) is 32.4 Å². The van der Waals surface area contributed by atoms with Crippen LogP contribution in [0.4, 0.5) is 17.6 Å².